The summed E-state index contributed by atoms with van der Waals surface area (Å²) in [6.45, 7) is 1.78. The minimum absolute atomic E-state index is 0.0544. The first-order valence-electron chi connectivity index (χ1n) is 5.69. The highest BCUT2D eigenvalue weighted by molar-refractivity contribution is 6.33. The number of nitro groups is 1. The fourth-order valence-corrected chi connectivity index (χ4v) is 1.82. The Balaban J connectivity index is 2.34. The molecule has 0 aliphatic rings. The SMILES string of the molecule is Cc1ccc([N+](=O)[O-])cc1Oc1ccc(C=O)c(Cl)c1. The van der Waals surface area contributed by atoms with Gasteiger partial charge in [-0.3, -0.25) is 14.9 Å². The van der Waals surface area contributed by atoms with Gasteiger partial charge in [-0.05, 0) is 30.7 Å². The number of halogens is 1. The van der Waals surface area contributed by atoms with Gasteiger partial charge in [-0.25, -0.2) is 0 Å². The molecule has 0 amide bonds. The van der Waals surface area contributed by atoms with Gasteiger partial charge in [0.25, 0.3) is 5.69 Å². The molecule has 0 saturated heterocycles. The summed E-state index contributed by atoms with van der Waals surface area (Å²) >= 11 is 5.90. The largest absolute Gasteiger partial charge is 0.457 e. The van der Waals surface area contributed by atoms with Crippen LogP contribution < -0.4 is 4.74 Å². The second-order valence-corrected chi connectivity index (χ2v) is 4.52. The number of ether oxygens (including phenoxy) is 1. The third-order valence-electron chi connectivity index (χ3n) is 2.71. The molecule has 0 aliphatic heterocycles. The number of nitrogens with zero attached hydrogens (tertiary/aromatic N) is 1. The quantitative estimate of drug-likeness (QED) is 0.482. The van der Waals surface area contributed by atoms with Gasteiger partial charge in [0.15, 0.2) is 6.29 Å². The first-order chi connectivity index (χ1) is 9.51. The van der Waals surface area contributed by atoms with E-state index in [1.54, 1.807) is 19.1 Å². The Hall–Kier alpha value is -2.40. The van der Waals surface area contributed by atoms with Crippen LogP contribution in [0.15, 0.2) is 36.4 Å². The van der Waals surface area contributed by atoms with E-state index in [-0.39, 0.29) is 10.7 Å². The van der Waals surface area contributed by atoms with Crippen LogP contribution in [0.1, 0.15) is 15.9 Å². The highest BCUT2D eigenvalue weighted by atomic mass is 35.5. The van der Waals surface area contributed by atoms with Crippen LogP contribution in [-0.4, -0.2) is 11.2 Å². The normalized spacial score (nSPS) is 10.1. The van der Waals surface area contributed by atoms with E-state index in [1.807, 2.05) is 0 Å². The van der Waals surface area contributed by atoms with Crippen LogP contribution in [0.2, 0.25) is 5.02 Å². The van der Waals surface area contributed by atoms with Crippen molar-refractivity contribution in [1.82, 2.24) is 0 Å². The highest BCUT2D eigenvalue weighted by Crippen LogP contribution is 2.30. The van der Waals surface area contributed by atoms with Crippen LogP contribution in [-0.2, 0) is 0 Å². The molecule has 0 unspecified atom stereocenters. The van der Waals surface area contributed by atoms with E-state index in [2.05, 4.69) is 0 Å². The molecular weight excluding hydrogens is 282 g/mol. The molecule has 0 aromatic heterocycles. The molecule has 0 heterocycles. The van der Waals surface area contributed by atoms with Gasteiger partial charge in [0, 0.05) is 17.7 Å². The summed E-state index contributed by atoms with van der Waals surface area (Å²) in [5.74, 6) is 0.776. The van der Waals surface area contributed by atoms with Crippen molar-refractivity contribution in [3.63, 3.8) is 0 Å². The molecule has 2 rings (SSSR count). The summed E-state index contributed by atoms with van der Waals surface area (Å²) in [6, 6.07) is 8.95. The molecule has 0 bridgehead atoms. The number of carbonyl (C=O) groups is 1. The van der Waals surface area contributed by atoms with E-state index < -0.39 is 4.92 Å². The van der Waals surface area contributed by atoms with Gasteiger partial charge in [-0.2, -0.15) is 0 Å². The van der Waals surface area contributed by atoms with Crippen molar-refractivity contribution in [2.45, 2.75) is 6.92 Å². The van der Waals surface area contributed by atoms with Crippen LogP contribution in [0.5, 0.6) is 11.5 Å². The van der Waals surface area contributed by atoms with Gasteiger partial charge in [0.2, 0.25) is 0 Å². The zero-order valence-corrected chi connectivity index (χ0v) is 11.3. The summed E-state index contributed by atoms with van der Waals surface area (Å²) in [5.41, 5.74) is 1.06. The minimum atomic E-state index is -0.491. The number of rotatable bonds is 4. The van der Waals surface area contributed by atoms with Crippen molar-refractivity contribution in [2.24, 2.45) is 0 Å². The molecule has 2 aromatic carbocycles. The lowest BCUT2D eigenvalue weighted by molar-refractivity contribution is -0.384. The zero-order chi connectivity index (χ0) is 14.7. The summed E-state index contributed by atoms with van der Waals surface area (Å²) < 4.78 is 5.58. The monoisotopic (exact) mass is 291 g/mol. The van der Waals surface area contributed by atoms with Crippen molar-refractivity contribution in [3.8, 4) is 11.5 Å². The lowest BCUT2D eigenvalue weighted by Gasteiger charge is -2.09. The van der Waals surface area contributed by atoms with Crippen molar-refractivity contribution < 1.29 is 14.5 Å². The Kier molecular flexibility index (Phi) is 4.00. The Morgan fingerprint density at radius 2 is 2.00 bits per heavy atom. The Morgan fingerprint density at radius 3 is 2.60 bits per heavy atom. The average molecular weight is 292 g/mol. The first kappa shape index (κ1) is 14.0. The van der Waals surface area contributed by atoms with Crippen LogP contribution >= 0.6 is 11.6 Å². The molecule has 5 nitrogen and oxygen atoms in total. The number of benzene rings is 2. The Morgan fingerprint density at radius 1 is 1.25 bits per heavy atom. The second-order valence-electron chi connectivity index (χ2n) is 4.11. The number of carbonyl (C=O) groups excluding carboxylic acids is 1. The molecule has 20 heavy (non-hydrogen) atoms. The molecule has 0 N–H and O–H groups in total. The minimum Gasteiger partial charge on any atom is -0.457 e. The number of aryl methyl sites for hydroxylation is 1. The van der Waals surface area contributed by atoms with E-state index >= 15 is 0 Å². The lowest BCUT2D eigenvalue weighted by Crippen LogP contribution is -1.92. The zero-order valence-electron chi connectivity index (χ0n) is 10.5. The fourth-order valence-electron chi connectivity index (χ4n) is 1.61. The predicted molar refractivity (Wildman–Crippen MR) is 74.7 cm³/mol. The average Bonchev–Trinajstić information content (AvgIpc) is 2.41. The van der Waals surface area contributed by atoms with Crippen molar-refractivity contribution in [2.75, 3.05) is 0 Å². The van der Waals surface area contributed by atoms with E-state index in [0.29, 0.717) is 23.3 Å². The van der Waals surface area contributed by atoms with E-state index in [4.69, 9.17) is 16.3 Å². The smallest absolute Gasteiger partial charge is 0.273 e. The van der Waals surface area contributed by atoms with E-state index in [1.165, 1.54) is 24.3 Å². The maximum absolute atomic E-state index is 10.7. The van der Waals surface area contributed by atoms with Crippen molar-refractivity contribution in [3.05, 3.63) is 62.7 Å². The van der Waals surface area contributed by atoms with Crippen molar-refractivity contribution >= 4 is 23.6 Å². The topological polar surface area (TPSA) is 69.4 Å². The lowest BCUT2D eigenvalue weighted by atomic mass is 10.2. The van der Waals surface area contributed by atoms with Crippen LogP contribution in [0.3, 0.4) is 0 Å². The highest BCUT2D eigenvalue weighted by Gasteiger charge is 2.11. The van der Waals surface area contributed by atoms with Gasteiger partial charge < -0.3 is 4.74 Å². The molecule has 0 atom stereocenters. The number of hydrogen-bond donors (Lipinski definition) is 0. The van der Waals surface area contributed by atoms with E-state index in [9.17, 15) is 14.9 Å². The summed E-state index contributed by atoms with van der Waals surface area (Å²) in [7, 11) is 0. The van der Waals surface area contributed by atoms with Crippen LogP contribution in [0.4, 0.5) is 5.69 Å². The van der Waals surface area contributed by atoms with Crippen LogP contribution in [0, 0.1) is 17.0 Å². The molecule has 0 fully saturated rings. The standard InChI is InChI=1S/C14H10ClNO4/c1-9-2-4-11(16(18)19)6-14(9)20-12-5-3-10(8-17)13(15)7-12/h2-8H,1H3. The van der Waals surface area contributed by atoms with E-state index in [0.717, 1.165) is 5.56 Å². The fraction of sp³-hybridized carbons (Fsp3) is 0.0714. The predicted octanol–water partition coefficient (Wildman–Crippen LogP) is 4.16. The third kappa shape index (κ3) is 2.95. The van der Waals surface area contributed by atoms with Gasteiger partial charge in [0.05, 0.1) is 16.0 Å². The summed E-state index contributed by atoms with van der Waals surface area (Å²) in [5, 5.41) is 11.0. The Labute approximate surface area is 119 Å². The van der Waals surface area contributed by atoms with Crippen LogP contribution in [0.25, 0.3) is 0 Å². The van der Waals surface area contributed by atoms with Gasteiger partial charge >= 0.3 is 0 Å². The molecule has 0 aliphatic carbocycles. The van der Waals surface area contributed by atoms with Gasteiger partial charge in [-0.1, -0.05) is 11.6 Å². The molecule has 2 aromatic rings. The number of aldehydes is 1. The van der Waals surface area contributed by atoms with Gasteiger partial charge in [-0.15, -0.1) is 0 Å². The molecule has 6 heteroatoms. The summed E-state index contributed by atoms with van der Waals surface area (Å²) in [4.78, 5) is 20.9. The Bertz CT molecular complexity index is 685. The maximum atomic E-state index is 10.7. The first-order valence-corrected chi connectivity index (χ1v) is 6.06. The molecule has 0 radical (unpaired) electrons. The third-order valence-corrected chi connectivity index (χ3v) is 3.04. The molecule has 102 valence electrons. The maximum Gasteiger partial charge on any atom is 0.273 e. The molecule has 0 saturated carbocycles. The second kappa shape index (κ2) is 5.71. The van der Waals surface area contributed by atoms with Crippen molar-refractivity contribution in [1.29, 1.82) is 0 Å². The number of non-ortho nitro benzene ring substituents is 1. The number of nitro benzene ring substituents is 1. The number of hydrogen-bond acceptors (Lipinski definition) is 4. The summed E-state index contributed by atoms with van der Waals surface area (Å²) in [6.07, 6.45) is 0.644. The van der Waals surface area contributed by atoms with Gasteiger partial charge in [0.1, 0.15) is 11.5 Å². The molecular formula is C14H10ClNO4. The molecule has 0 spiro atoms.